The Balaban J connectivity index is 1.94. The lowest BCUT2D eigenvalue weighted by Crippen LogP contribution is -2.14. The maximum absolute atomic E-state index is 13.4. The van der Waals surface area contributed by atoms with Crippen molar-refractivity contribution in [1.82, 2.24) is 4.98 Å². The molecular formula is C17H12ClFN2O. The monoisotopic (exact) mass is 314 g/mol. The van der Waals surface area contributed by atoms with Crippen LogP contribution in [0.1, 0.15) is 16.1 Å². The predicted molar refractivity (Wildman–Crippen MR) is 85.8 cm³/mol. The third kappa shape index (κ3) is 2.78. The van der Waals surface area contributed by atoms with Crippen molar-refractivity contribution < 1.29 is 9.18 Å². The number of halogens is 2. The van der Waals surface area contributed by atoms with E-state index in [0.717, 1.165) is 10.9 Å². The van der Waals surface area contributed by atoms with Crippen molar-refractivity contribution >= 4 is 34.1 Å². The van der Waals surface area contributed by atoms with E-state index in [0.29, 0.717) is 16.9 Å². The van der Waals surface area contributed by atoms with Gasteiger partial charge in [0.05, 0.1) is 21.8 Å². The summed E-state index contributed by atoms with van der Waals surface area (Å²) in [5, 5.41) is 3.55. The van der Waals surface area contributed by atoms with Gasteiger partial charge < -0.3 is 5.32 Å². The molecule has 0 fully saturated rings. The first-order valence-corrected chi connectivity index (χ1v) is 7.05. The minimum atomic E-state index is -0.576. The molecule has 0 spiro atoms. The Kier molecular flexibility index (Phi) is 3.77. The molecule has 110 valence electrons. The molecular weight excluding hydrogens is 303 g/mol. The molecule has 3 rings (SSSR count). The highest BCUT2D eigenvalue weighted by Crippen LogP contribution is 2.21. The zero-order chi connectivity index (χ0) is 15.7. The Labute approximate surface area is 131 Å². The van der Waals surface area contributed by atoms with Crippen LogP contribution in [0.25, 0.3) is 10.9 Å². The fourth-order valence-electron chi connectivity index (χ4n) is 2.21. The molecule has 3 nitrogen and oxygen atoms in total. The first-order valence-electron chi connectivity index (χ1n) is 6.67. The topological polar surface area (TPSA) is 42.0 Å². The number of aryl methyl sites for hydroxylation is 1. The molecule has 1 N–H and O–H groups in total. The number of anilines is 1. The Morgan fingerprint density at radius 1 is 1.18 bits per heavy atom. The van der Waals surface area contributed by atoms with Crippen molar-refractivity contribution in [1.29, 1.82) is 0 Å². The molecule has 0 aliphatic heterocycles. The Bertz CT molecular complexity index is 880. The quantitative estimate of drug-likeness (QED) is 0.751. The summed E-state index contributed by atoms with van der Waals surface area (Å²) < 4.78 is 13.4. The van der Waals surface area contributed by atoms with Crippen LogP contribution in [0.4, 0.5) is 10.1 Å². The van der Waals surface area contributed by atoms with Crippen LogP contribution in [0.15, 0.2) is 48.5 Å². The molecule has 2 aromatic carbocycles. The molecule has 0 aliphatic carbocycles. The van der Waals surface area contributed by atoms with Gasteiger partial charge in [0.2, 0.25) is 0 Å². The highest BCUT2D eigenvalue weighted by atomic mass is 35.5. The van der Waals surface area contributed by atoms with Gasteiger partial charge in [-0.3, -0.25) is 9.78 Å². The summed E-state index contributed by atoms with van der Waals surface area (Å²) in [4.78, 5) is 16.8. The number of carbonyl (C=O) groups excluding carboxylic acids is 1. The molecule has 22 heavy (non-hydrogen) atoms. The largest absolute Gasteiger partial charge is 0.322 e. The number of amides is 1. The number of hydrogen-bond donors (Lipinski definition) is 1. The highest BCUT2D eigenvalue weighted by molar-refractivity contribution is 6.30. The molecule has 1 heterocycles. The Hall–Kier alpha value is -2.46. The van der Waals surface area contributed by atoms with E-state index >= 15 is 0 Å². The molecule has 0 aliphatic rings. The lowest BCUT2D eigenvalue weighted by Gasteiger charge is -2.09. The van der Waals surface area contributed by atoms with E-state index < -0.39 is 5.82 Å². The summed E-state index contributed by atoms with van der Waals surface area (Å²) in [5.41, 5.74) is 2.24. The van der Waals surface area contributed by atoms with Crippen molar-refractivity contribution in [2.45, 2.75) is 6.92 Å². The molecule has 5 heteroatoms. The number of carbonyl (C=O) groups is 1. The van der Waals surface area contributed by atoms with Crippen molar-refractivity contribution in [2.24, 2.45) is 0 Å². The van der Waals surface area contributed by atoms with Gasteiger partial charge in [0, 0.05) is 11.1 Å². The molecule has 0 saturated heterocycles. The van der Waals surface area contributed by atoms with E-state index in [4.69, 9.17) is 11.6 Å². The minimum Gasteiger partial charge on any atom is -0.322 e. The number of benzene rings is 2. The van der Waals surface area contributed by atoms with Crippen LogP contribution >= 0.6 is 11.6 Å². The van der Waals surface area contributed by atoms with Crippen LogP contribution < -0.4 is 5.32 Å². The van der Waals surface area contributed by atoms with E-state index in [-0.39, 0.29) is 10.9 Å². The second-order valence-corrected chi connectivity index (χ2v) is 5.30. The van der Waals surface area contributed by atoms with Gasteiger partial charge in [-0.1, -0.05) is 29.8 Å². The van der Waals surface area contributed by atoms with Gasteiger partial charge in [-0.05, 0) is 37.3 Å². The van der Waals surface area contributed by atoms with Crippen LogP contribution in [-0.4, -0.2) is 10.9 Å². The van der Waals surface area contributed by atoms with Crippen molar-refractivity contribution in [2.75, 3.05) is 5.32 Å². The molecule has 0 unspecified atom stereocenters. The van der Waals surface area contributed by atoms with E-state index in [1.54, 1.807) is 19.1 Å². The van der Waals surface area contributed by atoms with Crippen molar-refractivity contribution in [3.8, 4) is 0 Å². The fourth-order valence-corrected chi connectivity index (χ4v) is 2.33. The maximum Gasteiger partial charge on any atom is 0.257 e. The number of pyridine rings is 1. The van der Waals surface area contributed by atoms with Gasteiger partial charge in [0.25, 0.3) is 5.91 Å². The van der Waals surface area contributed by atoms with Gasteiger partial charge in [-0.25, -0.2) is 4.39 Å². The molecule has 1 aromatic heterocycles. The molecule has 0 saturated carbocycles. The molecule has 3 aromatic rings. The summed E-state index contributed by atoms with van der Waals surface area (Å²) in [7, 11) is 0. The van der Waals surface area contributed by atoms with Gasteiger partial charge in [0.1, 0.15) is 5.82 Å². The number of hydrogen-bond acceptors (Lipinski definition) is 2. The van der Waals surface area contributed by atoms with Crippen LogP contribution in [0.3, 0.4) is 0 Å². The number of nitrogens with one attached hydrogen (secondary N) is 1. The number of aromatic nitrogens is 1. The molecule has 1 amide bonds. The minimum absolute atomic E-state index is 0.0153. The summed E-state index contributed by atoms with van der Waals surface area (Å²) in [6, 6.07) is 13.5. The smallest absolute Gasteiger partial charge is 0.257 e. The lowest BCUT2D eigenvalue weighted by molar-refractivity contribution is 0.102. The zero-order valence-electron chi connectivity index (χ0n) is 11.7. The van der Waals surface area contributed by atoms with E-state index in [2.05, 4.69) is 10.3 Å². The van der Waals surface area contributed by atoms with Gasteiger partial charge in [-0.2, -0.15) is 0 Å². The summed E-state index contributed by atoms with van der Waals surface area (Å²) in [5.74, 6) is -0.912. The Morgan fingerprint density at radius 2 is 1.95 bits per heavy atom. The third-order valence-electron chi connectivity index (χ3n) is 3.34. The van der Waals surface area contributed by atoms with E-state index in [1.165, 1.54) is 12.1 Å². The molecule has 0 radical (unpaired) electrons. The first-order chi connectivity index (χ1) is 10.5. The van der Waals surface area contributed by atoms with Crippen LogP contribution in [0.2, 0.25) is 5.02 Å². The van der Waals surface area contributed by atoms with Crippen molar-refractivity contribution in [3.05, 3.63) is 70.6 Å². The van der Waals surface area contributed by atoms with Gasteiger partial charge >= 0.3 is 0 Å². The molecule has 0 bridgehead atoms. The predicted octanol–water partition coefficient (Wildman–Crippen LogP) is 4.59. The van der Waals surface area contributed by atoms with E-state index in [9.17, 15) is 9.18 Å². The van der Waals surface area contributed by atoms with Crippen LogP contribution in [0, 0.1) is 12.7 Å². The first kappa shape index (κ1) is 14.5. The third-order valence-corrected chi connectivity index (χ3v) is 3.64. The average Bonchev–Trinajstić information content (AvgIpc) is 2.50. The summed E-state index contributed by atoms with van der Waals surface area (Å²) in [6.07, 6.45) is 0. The van der Waals surface area contributed by atoms with Crippen LogP contribution in [0.5, 0.6) is 0 Å². The number of nitrogens with zero attached hydrogens (tertiary/aromatic N) is 1. The van der Waals surface area contributed by atoms with Crippen molar-refractivity contribution in [3.63, 3.8) is 0 Å². The van der Waals surface area contributed by atoms with Crippen LogP contribution in [-0.2, 0) is 0 Å². The summed E-state index contributed by atoms with van der Waals surface area (Å²) in [6.45, 7) is 1.77. The number of fused-ring (bicyclic) bond motifs is 1. The normalized spacial score (nSPS) is 10.7. The lowest BCUT2D eigenvalue weighted by atomic mass is 10.1. The van der Waals surface area contributed by atoms with Gasteiger partial charge in [-0.15, -0.1) is 0 Å². The van der Waals surface area contributed by atoms with Gasteiger partial charge in [0.15, 0.2) is 0 Å². The SMILES string of the molecule is Cc1nc2ccccc2cc1C(=O)Nc1ccc(Cl)c(F)c1. The molecule has 0 atom stereocenters. The number of para-hydroxylation sites is 1. The average molecular weight is 315 g/mol. The Morgan fingerprint density at radius 3 is 2.73 bits per heavy atom. The number of rotatable bonds is 2. The fraction of sp³-hybridized carbons (Fsp3) is 0.0588. The second kappa shape index (κ2) is 5.73. The maximum atomic E-state index is 13.4. The summed E-state index contributed by atoms with van der Waals surface area (Å²) >= 11 is 5.63. The second-order valence-electron chi connectivity index (χ2n) is 4.90. The zero-order valence-corrected chi connectivity index (χ0v) is 12.5. The standard InChI is InChI=1S/C17H12ClFN2O/c1-10-13(8-11-4-2-3-5-16(11)20-10)17(22)21-12-6-7-14(18)15(19)9-12/h2-9H,1H3,(H,21,22). The van der Waals surface area contributed by atoms with E-state index in [1.807, 2.05) is 24.3 Å². The highest BCUT2D eigenvalue weighted by Gasteiger charge is 2.12.